The maximum Gasteiger partial charge on any atom is 0.222 e. The number of methoxy groups -OCH3 is 2. The Morgan fingerprint density at radius 3 is 2.80 bits per heavy atom. The molecule has 110 valence electrons. The minimum Gasteiger partial charge on any atom is -0.497 e. The van der Waals surface area contributed by atoms with Crippen molar-refractivity contribution in [3.8, 4) is 11.5 Å². The molecule has 1 atom stereocenters. The number of piperidine rings is 1. The topological polar surface area (TPSA) is 50.8 Å². The first-order valence-electron chi connectivity index (χ1n) is 6.82. The van der Waals surface area contributed by atoms with E-state index in [1.807, 2.05) is 25.2 Å². The van der Waals surface area contributed by atoms with E-state index in [9.17, 15) is 4.79 Å². The van der Waals surface area contributed by atoms with Crippen LogP contribution in [0.25, 0.3) is 0 Å². The summed E-state index contributed by atoms with van der Waals surface area (Å²) in [5.74, 6) is 1.83. The van der Waals surface area contributed by atoms with Crippen molar-refractivity contribution < 1.29 is 14.3 Å². The van der Waals surface area contributed by atoms with Gasteiger partial charge in [-0.05, 0) is 12.5 Å². The van der Waals surface area contributed by atoms with Crippen molar-refractivity contribution in [1.29, 1.82) is 0 Å². The van der Waals surface area contributed by atoms with E-state index in [0.29, 0.717) is 12.5 Å². The predicted molar refractivity (Wildman–Crippen MR) is 77.0 cm³/mol. The summed E-state index contributed by atoms with van der Waals surface area (Å²) in [6, 6.07) is 6.15. The number of rotatable bonds is 5. The van der Waals surface area contributed by atoms with Crippen molar-refractivity contribution in [2.45, 2.75) is 25.4 Å². The average Bonchev–Trinajstić information content (AvgIpc) is 2.48. The third-order valence-corrected chi connectivity index (χ3v) is 3.70. The molecule has 1 amide bonds. The minimum atomic E-state index is 0.227. The fourth-order valence-electron chi connectivity index (χ4n) is 2.43. The van der Waals surface area contributed by atoms with Crippen molar-refractivity contribution in [2.24, 2.45) is 0 Å². The first-order valence-corrected chi connectivity index (χ1v) is 6.82. The Morgan fingerprint density at radius 2 is 2.15 bits per heavy atom. The quantitative estimate of drug-likeness (QED) is 0.885. The molecule has 1 aliphatic rings. The number of carbonyl (C=O) groups is 1. The number of benzene rings is 1. The molecule has 1 saturated heterocycles. The molecule has 20 heavy (non-hydrogen) atoms. The number of nitrogens with one attached hydrogen (secondary N) is 1. The molecule has 1 unspecified atom stereocenters. The smallest absolute Gasteiger partial charge is 0.222 e. The maximum absolute atomic E-state index is 11.4. The third-order valence-electron chi connectivity index (χ3n) is 3.70. The molecule has 5 heteroatoms. The number of amides is 1. The van der Waals surface area contributed by atoms with E-state index in [1.54, 1.807) is 19.1 Å². The van der Waals surface area contributed by atoms with Crippen LogP contribution >= 0.6 is 0 Å². The highest BCUT2D eigenvalue weighted by Crippen LogP contribution is 2.24. The van der Waals surface area contributed by atoms with E-state index >= 15 is 0 Å². The van der Waals surface area contributed by atoms with E-state index in [-0.39, 0.29) is 5.91 Å². The molecule has 1 aromatic carbocycles. The summed E-state index contributed by atoms with van der Waals surface area (Å²) < 4.78 is 10.6. The Bertz CT molecular complexity index is 476. The molecule has 2 rings (SSSR count). The van der Waals surface area contributed by atoms with Gasteiger partial charge in [-0.1, -0.05) is 6.07 Å². The van der Waals surface area contributed by atoms with Gasteiger partial charge in [0.15, 0.2) is 0 Å². The zero-order valence-electron chi connectivity index (χ0n) is 12.3. The summed E-state index contributed by atoms with van der Waals surface area (Å²) in [6.45, 7) is 1.48. The molecule has 0 spiro atoms. The van der Waals surface area contributed by atoms with Crippen LogP contribution < -0.4 is 14.8 Å². The lowest BCUT2D eigenvalue weighted by atomic mass is 10.1. The summed E-state index contributed by atoms with van der Waals surface area (Å²) in [4.78, 5) is 13.2. The molecule has 1 aromatic rings. The van der Waals surface area contributed by atoms with E-state index in [1.165, 1.54) is 0 Å². The molecule has 0 bridgehead atoms. The zero-order chi connectivity index (χ0) is 14.5. The van der Waals surface area contributed by atoms with Crippen LogP contribution in [0.5, 0.6) is 11.5 Å². The molecule has 5 nitrogen and oxygen atoms in total. The fraction of sp³-hybridized carbons (Fsp3) is 0.533. The van der Waals surface area contributed by atoms with E-state index in [4.69, 9.17) is 9.47 Å². The Balaban J connectivity index is 1.95. The first kappa shape index (κ1) is 14.7. The number of hydrogen-bond acceptors (Lipinski definition) is 4. The standard InChI is InChI=1S/C15H22N2O3/c1-17-10-12(5-7-15(17)18)16-9-11-4-6-13(19-2)8-14(11)20-3/h4,6,8,12,16H,5,7,9-10H2,1-3H3. The highest BCUT2D eigenvalue weighted by atomic mass is 16.5. The molecule has 0 saturated carbocycles. The van der Waals surface area contributed by atoms with E-state index in [0.717, 1.165) is 36.6 Å². The molecular weight excluding hydrogens is 256 g/mol. The van der Waals surface area contributed by atoms with E-state index < -0.39 is 0 Å². The highest BCUT2D eigenvalue weighted by molar-refractivity contribution is 5.76. The van der Waals surface area contributed by atoms with E-state index in [2.05, 4.69) is 5.32 Å². The van der Waals surface area contributed by atoms with Crippen LogP contribution in [0.1, 0.15) is 18.4 Å². The molecular formula is C15H22N2O3. The Hall–Kier alpha value is -1.75. The van der Waals surface area contributed by atoms with Crippen molar-refractivity contribution >= 4 is 5.91 Å². The Labute approximate surface area is 119 Å². The number of nitrogens with zero attached hydrogens (tertiary/aromatic N) is 1. The lowest BCUT2D eigenvalue weighted by Gasteiger charge is -2.30. The second-order valence-corrected chi connectivity index (χ2v) is 5.07. The van der Waals surface area contributed by atoms with Crippen LogP contribution in [-0.2, 0) is 11.3 Å². The summed E-state index contributed by atoms with van der Waals surface area (Å²) in [5.41, 5.74) is 1.09. The van der Waals surface area contributed by atoms with Crippen molar-refractivity contribution in [2.75, 3.05) is 27.8 Å². The monoisotopic (exact) mass is 278 g/mol. The molecule has 1 heterocycles. The van der Waals surface area contributed by atoms with Gasteiger partial charge >= 0.3 is 0 Å². The number of ether oxygens (including phenoxy) is 2. The van der Waals surface area contributed by atoms with Crippen molar-refractivity contribution in [3.05, 3.63) is 23.8 Å². The van der Waals surface area contributed by atoms with Gasteiger partial charge in [-0.25, -0.2) is 0 Å². The minimum absolute atomic E-state index is 0.227. The van der Waals surface area contributed by atoms with Gasteiger partial charge in [0.05, 0.1) is 14.2 Å². The number of hydrogen-bond donors (Lipinski definition) is 1. The van der Waals surface area contributed by atoms with Crippen LogP contribution in [0.15, 0.2) is 18.2 Å². The second-order valence-electron chi connectivity index (χ2n) is 5.07. The average molecular weight is 278 g/mol. The van der Waals surface area contributed by atoms with Gasteiger partial charge in [-0.3, -0.25) is 4.79 Å². The number of carbonyl (C=O) groups excluding carboxylic acids is 1. The lowest BCUT2D eigenvalue weighted by molar-refractivity contribution is -0.132. The van der Waals surface area contributed by atoms with Crippen molar-refractivity contribution in [1.82, 2.24) is 10.2 Å². The summed E-state index contributed by atoms with van der Waals surface area (Å²) >= 11 is 0. The molecule has 0 aliphatic carbocycles. The van der Waals surface area contributed by atoms with Crippen LogP contribution in [0.4, 0.5) is 0 Å². The molecule has 1 N–H and O–H groups in total. The Morgan fingerprint density at radius 1 is 1.35 bits per heavy atom. The second kappa shape index (κ2) is 6.61. The predicted octanol–water partition coefficient (Wildman–Crippen LogP) is 1.41. The van der Waals surface area contributed by atoms with Gasteiger partial charge in [-0.2, -0.15) is 0 Å². The fourth-order valence-corrected chi connectivity index (χ4v) is 2.43. The molecule has 0 radical (unpaired) electrons. The van der Waals surface area contributed by atoms with Crippen LogP contribution in [0, 0.1) is 0 Å². The normalized spacial score (nSPS) is 19.1. The molecule has 1 aliphatic heterocycles. The highest BCUT2D eigenvalue weighted by Gasteiger charge is 2.22. The van der Waals surface area contributed by atoms with Gasteiger partial charge in [0.25, 0.3) is 0 Å². The summed E-state index contributed by atoms with van der Waals surface area (Å²) in [7, 11) is 5.15. The first-order chi connectivity index (χ1) is 9.63. The summed E-state index contributed by atoms with van der Waals surface area (Å²) in [5, 5.41) is 3.49. The Kier molecular flexibility index (Phi) is 4.84. The molecule has 1 fully saturated rings. The van der Waals surface area contributed by atoms with Crippen molar-refractivity contribution in [3.63, 3.8) is 0 Å². The van der Waals surface area contributed by atoms with Crippen LogP contribution in [0.3, 0.4) is 0 Å². The lowest BCUT2D eigenvalue weighted by Crippen LogP contribution is -2.46. The van der Waals surface area contributed by atoms with Crippen LogP contribution in [-0.4, -0.2) is 44.7 Å². The third kappa shape index (κ3) is 3.42. The maximum atomic E-state index is 11.4. The molecule has 0 aromatic heterocycles. The number of likely N-dealkylation sites (N-methyl/N-ethyl adjacent to an activating group) is 1. The van der Waals surface area contributed by atoms with Crippen LogP contribution in [0.2, 0.25) is 0 Å². The summed E-state index contributed by atoms with van der Waals surface area (Å²) in [6.07, 6.45) is 1.51. The zero-order valence-corrected chi connectivity index (χ0v) is 12.3. The number of likely N-dealkylation sites (tertiary alicyclic amines) is 1. The van der Waals surface area contributed by atoms with Gasteiger partial charge in [0, 0.05) is 44.2 Å². The van der Waals surface area contributed by atoms with Gasteiger partial charge in [0.1, 0.15) is 11.5 Å². The SMILES string of the molecule is COc1ccc(CNC2CCC(=O)N(C)C2)c(OC)c1. The van der Waals surface area contributed by atoms with Gasteiger partial charge in [0.2, 0.25) is 5.91 Å². The van der Waals surface area contributed by atoms with Gasteiger partial charge in [-0.15, -0.1) is 0 Å². The largest absolute Gasteiger partial charge is 0.497 e. The van der Waals surface area contributed by atoms with Gasteiger partial charge < -0.3 is 19.7 Å².